The molecule has 2 aliphatic heterocycles. The number of nitrogens with zero attached hydrogens (tertiary/aromatic N) is 2. The summed E-state index contributed by atoms with van der Waals surface area (Å²) in [5, 5.41) is 0.508. The minimum absolute atomic E-state index is 0.00735. The number of amides is 1. The van der Waals surface area contributed by atoms with Crippen molar-refractivity contribution in [3.63, 3.8) is 0 Å². The normalized spacial score (nSPS) is 25.2. The number of ketones is 1. The molecule has 1 aliphatic carbocycles. The average molecular weight is 451 g/mol. The van der Waals surface area contributed by atoms with Crippen molar-refractivity contribution in [1.82, 2.24) is 4.98 Å². The van der Waals surface area contributed by atoms with E-state index in [0.717, 1.165) is 41.6 Å². The molecule has 0 bridgehead atoms. The van der Waals surface area contributed by atoms with Crippen molar-refractivity contribution in [3.8, 4) is 5.75 Å². The summed E-state index contributed by atoms with van der Waals surface area (Å²) in [4.78, 5) is 33.4. The first-order valence-corrected chi connectivity index (χ1v) is 11.8. The topological polar surface area (TPSA) is 81.9 Å². The van der Waals surface area contributed by atoms with Gasteiger partial charge in [-0.1, -0.05) is 17.8 Å². The second-order valence-electron chi connectivity index (χ2n) is 8.31. The lowest BCUT2D eigenvalue weighted by molar-refractivity contribution is -0.131. The van der Waals surface area contributed by atoms with Crippen LogP contribution >= 0.6 is 11.3 Å². The van der Waals surface area contributed by atoms with Gasteiger partial charge in [0, 0.05) is 0 Å². The van der Waals surface area contributed by atoms with Crippen LogP contribution < -0.4 is 9.64 Å². The highest BCUT2D eigenvalue weighted by Gasteiger charge is 2.54. The Bertz CT molecular complexity index is 1240. The van der Waals surface area contributed by atoms with Crippen LogP contribution in [0.4, 0.5) is 5.13 Å². The molecule has 1 aromatic carbocycles. The molecule has 1 fully saturated rings. The molecule has 3 unspecified atom stereocenters. The van der Waals surface area contributed by atoms with Crippen molar-refractivity contribution in [2.45, 2.75) is 44.8 Å². The van der Waals surface area contributed by atoms with Gasteiger partial charge in [0.2, 0.25) is 0 Å². The molecule has 3 aliphatic rings. The average Bonchev–Trinajstić information content (AvgIpc) is 3.52. The molecule has 6 rings (SSSR count). The van der Waals surface area contributed by atoms with Crippen LogP contribution in [0.1, 0.15) is 44.4 Å². The predicted octanol–water partition coefficient (Wildman–Crippen LogP) is 4.79. The molecule has 4 heterocycles. The summed E-state index contributed by atoms with van der Waals surface area (Å²) in [6.45, 7) is 2.50. The first-order chi connectivity index (χ1) is 15.7. The lowest BCUT2D eigenvalue weighted by Gasteiger charge is -2.35. The summed E-state index contributed by atoms with van der Waals surface area (Å²) < 4.78 is 18.4. The Morgan fingerprint density at radius 2 is 2.09 bits per heavy atom. The Labute approximate surface area is 188 Å². The van der Waals surface area contributed by atoms with E-state index in [2.05, 4.69) is 0 Å². The van der Waals surface area contributed by atoms with Crippen molar-refractivity contribution in [3.05, 3.63) is 53.7 Å². The monoisotopic (exact) mass is 450 g/mol. The van der Waals surface area contributed by atoms with Crippen LogP contribution in [-0.2, 0) is 14.3 Å². The number of carbonyl (C=O) groups excluding carboxylic acids is 2. The molecule has 3 aromatic rings. The number of rotatable bonds is 4. The van der Waals surface area contributed by atoms with E-state index in [9.17, 15) is 9.59 Å². The number of anilines is 1. The molecule has 0 saturated heterocycles. The van der Waals surface area contributed by atoms with Gasteiger partial charge in [-0.2, -0.15) is 0 Å². The number of fused-ring (bicyclic) bond motifs is 2. The summed E-state index contributed by atoms with van der Waals surface area (Å²) in [6, 6.07) is 8.56. The fraction of sp³-hybridized carbons (Fsp3) is 0.375. The zero-order valence-corrected chi connectivity index (χ0v) is 18.4. The molecule has 32 heavy (non-hydrogen) atoms. The third-order valence-electron chi connectivity index (χ3n) is 6.44. The van der Waals surface area contributed by atoms with Crippen molar-refractivity contribution < 1.29 is 23.5 Å². The largest absolute Gasteiger partial charge is 0.494 e. The van der Waals surface area contributed by atoms with Crippen LogP contribution in [0.25, 0.3) is 10.2 Å². The Hall–Kier alpha value is -3.13. The van der Waals surface area contributed by atoms with Crippen molar-refractivity contribution in [1.29, 1.82) is 0 Å². The van der Waals surface area contributed by atoms with Crippen LogP contribution in [0.5, 0.6) is 5.75 Å². The fourth-order valence-electron chi connectivity index (χ4n) is 5.01. The minimum Gasteiger partial charge on any atom is -0.494 e. The highest BCUT2D eigenvalue weighted by atomic mass is 32.1. The van der Waals surface area contributed by atoms with Crippen LogP contribution in [0, 0.1) is 5.92 Å². The van der Waals surface area contributed by atoms with E-state index in [1.807, 2.05) is 25.1 Å². The molecule has 8 heteroatoms. The van der Waals surface area contributed by atoms with Gasteiger partial charge in [0.15, 0.2) is 16.7 Å². The SMILES string of the molecule is CCOc1ccc2nc(N3C(=O)C4=C(C(=O)C5CCCCC5O4)C3c3ccco3)sc2c1. The number of ether oxygens (including phenoxy) is 2. The highest BCUT2D eigenvalue weighted by molar-refractivity contribution is 7.22. The van der Waals surface area contributed by atoms with E-state index in [4.69, 9.17) is 18.9 Å². The number of carbonyl (C=O) groups is 2. The minimum atomic E-state index is -0.671. The molecule has 2 aromatic heterocycles. The first-order valence-electron chi connectivity index (χ1n) is 11.0. The molecule has 0 spiro atoms. The summed E-state index contributed by atoms with van der Waals surface area (Å²) in [5.74, 6) is 0.927. The summed E-state index contributed by atoms with van der Waals surface area (Å²) in [5.41, 5.74) is 1.17. The van der Waals surface area contributed by atoms with Gasteiger partial charge in [0.05, 0.1) is 34.6 Å². The van der Waals surface area contributed by atoms with Gasteiger partial charge in [-0.25, -0.2) is 4.98 Å². The maximum atomic E-state index is 13.6. The molecule has 3 atom stereocenters. The Balaban J connectivity index is 1.46. The lowest BCUT2D eigenvalue weighted by Crippen LogP contribution is -2.39. The van der Waals surface area contributed by atoms with Gasteiger partial charge >= 0.3 is 0 Å². The summed E-state index contributed by atoms with van der Waals surface area (Å²) >= 11 is 1.39. The second-order valence-corrected chi connectivity index (χ2v) is 9.32. The van der Waals surface area contributed by atoms with E-state index in [1.54, 1.807) is 23.3 Å². The van der Waals surface area contributed by atoms with Gasteiger partial charge in [-0.3, -0.25) is 14.5 Å². The van der Waals surface area contributed by atoms with Crippen LogP contribution in [0.3, 0.4) is 0 Å². The van der Waals surface area contributed by atoms with E-state index in [-0.39, 0.29) is 29.5 Å². The molecule has 0 N–H and O–H groups in total. The number of furan rings is 1. The van der Waals surface area contributed by atoms with Crippen molar-refractivity contribution in [2.75, 3.05) is 11.5 Å². The molecule has 1 saturated carbocycles. The predicted molar refractivity (Wildman–Crippen MR) is 119 cm³/mol. The maximum absolute atomic E-state index is 13.6. The molecule has 0 radical (unpaired) electrons. The zero-order valence-electron chi connectivity index (χ0n) is 17.6. The van der Waals surface area contributed by atoms with Crippen molar-refractivity contribution >= 4 is 38.4 Å². The van der Waals surface area contributed by atoms with Gasteiger partial charge in [0.25, 0.3) is 5.91 Å². The summed E-state index contributed by atoms with van der Waals surface area (Å²) in [6.07, 6.45) is 4.94. The van der Waals surface area contributed by atoms with E-state index < -0.39 is 6.04 Å². The Kier molecular flexibility index (Phi) is 4.57. The molecular formula is C24H22N2O5S. The Morgan fingerprint density at radius 3 is 2.91 bits per heavy atom. The standard InChI is InChI=1S/C24H22N2O5S/c1-2-29-13-9-10-15-18(12-13)32-24(25-15)26-20(17-8-5-11-30-17)19-21(27)14-6-3-4-7-16(14)31-22(19)23(26)28/h5,8-12,14,16,20H,2-4,6-7H2,1H3. The molecular weight excluding hydrogens is 428 g/mol. The van der Waals surface area contributed by atoms with Gasteiger partial charge in [-0.15, -0.1) is 0 Å². The molecule has 164 valence electrons. The van der Waals surface area contributed by atoms with E-state index in [0.29, 0.717) is 23.1 Å². The van der Waals surface area contributed by atoms with E-state index >= 15 is 0 Å². The first kappa shape index (κ1) is 19.5. The highest BCUT2D eigenvalue weighted by Crippen LogP contribution is 2.49. The quantitative estimate of drug-likeness (QED) is 0.569. The number of hydrogen-bond donors (Lipinski definition) is 0. The van der Waals surface area contributed by atoms with E-state index in [1.165, 1.54) is 11.3 Å². The lowest BCUT2D eigenvalue weighted by atomic mass is 9.78. The molecule has 1 amide bonds. The van der Waals surface area contributed by atoms with Gasteiger partial charge < -0.3 is 13.9 Å². The van der Waals surface area contributed by atoms with Crippen molar-refractivity contribution in [2.24, 2.45) is 5.92 Å². The third kappa shape index (κ3) is 2.89. The maximum Gasteiger partial charge on any atom is 0.296 e. The number of hydrogen-bond acceptors (Lipinski definition) is 7. The fourth-order valence-corrected chi connectivity index (χ4v) is 6.03. The zero-order chi connectivity index (χ0) is 21.8. The number of benzene rings is 1. The molecule has 7 nitrogen and oxygen atoms in total. The van der Waals surface area contributed by atoms with Crippen LogP contribution in [0.15, 0.2) is 52.3 Å². The third-order valence-corrected chi connectivity index (χ3v) is 7.46. The number of Topliss-reactive ketones (excluding diaryl/α,β-unsaturated/α-hetero) is 1. The van der Waals surface area contributed by atoms with Gasteiger partial charge in [0.1, 0.15) is 23.7 Å². The smallest absolute Gasteiger partial charge is 0.296 e. The summed E-state index contributed by atoms with van der Waals surface area (Å²) in [7, 11) is 0. The second kappa shape index (κ2) is 7.48. The number of aromatic nitrogens is 1. The van der Waals surface area contributed by atoms with Crippen LogP contribution in [0.2, 0.25) is 0 Å². The number of thiazole rings is 1. The Morgan fingerprint density at radius 1 is 1.22 bits per heavy atom. The van der Waals surface area contributed by atoms with Crippen LogP contribution in [-0.4, -0.2) is 29.4 Å². The van der Waals surface area contributed by atoms with Gasteiger partial charge in [-0.05, 0) is 56.5 Å².